The number of carbonyl (C=O) groups excluding carboxylic acids is 1. The van der Waals surface area contributed by atoms with Crippen molar-refractivity contribution in [2.24, 2.45) is 10.7 Å². The minimum absolute atomic E-state index is 0.227. The molecule has 0 radical (unpaired) electrons. The zero-order chi connectivity index (χ0) is 21.4. The third kappa shape index (κ3) is 3.42. The molecule has 0 fully saturated rings. The Morgan fingerprint density at radius 3 is 2.77 bits per heavy atom. The smallest absolute Gasteiger partial charge is 0.338 e. The molecule has 0 bridgehead atoms. The van der Waals surface area contributed by atoms with Crippen molar-refractivity contribution >= 4 is 38.8 Å². The van der Waals surface area contributed by atoms with Gasteiger partial charge >= 0.3 is 5.97 Å². The molecule has 3 heterocycles. The summed E-state index contributed by atoms with van der Waals surface area (Å²) in [4.78, 5) is 19.3. The van der Waals surface area contributed by atoms with Gasteiger partial charge in [-0.1, -0.05) is 28.1 Å². The topological polar surface area (TPSA) is 105 Å². The SMILES string of the molecule is CCOC(=O)C1=C(C)N=C2SC(C#N)=C(N)N2[C@H]1c1ccc(-c2ccc(Br)cc2)o1. The lowest BCUT2D eigenvalue weighted by molar-refractivity contribution is -0.139. The fourth-order valence-corrected chi connectivity index (χ4v) is 4.53. The van der Waals surface area contributed by atoms with Gasteiger partial charge in [0.15, 0.2) is 5.17 Å². The van der Waals surface area contributed by atoms with Crippen molar-refractivity contribution in [3.8, 4) is 17.4 Å². The third-order valence-corrected chi connectivity index (χ3v) is 6.20. The Hall–Kier alpha value is -2.96. The van der Waals surface area contributed by atoms with Crippen LogP contribution in [0.4, 0.5) is 0 Å². The van der Waals surface area contributed by atoms with Crippen LogP contribution in [-0.2, 0) is 9.53 Å². The average molecular weight is 485 g/mol. The van der Waals surface area contributed by atoms with Crippen LogP contribution < -0.4 is 5.73 Å². The maximum Gasteiger partial charge on any atom is 0.338 e. The fourth-order valence-electron chi connectivity index (χ4n) is 3.35. The number of carbonyl (C=O) groups is 1. The summed E-state index contributed by atoms with van der Waals surface area (Å²) >= 11 is 4.60. The highest BCUT2D eigenvalue weighted by molar-refractivity contribution is 9.10. The first-order chi connectivity index (χ1) is 14.4. The number of fused-ring (bicyclic) bond motifs is 1. The number of benzene rings is 1. The standard InChI is InChI=1S/C21H17BrN4O3S/c1-3-28-20(27)17-11(2)25-21-26(19(24)16(10-23)30-21)18(17)15-9-8-14(29-15)12-4-6-13(22)7-5-12/h4-9,18H,3,24H2,1-2H3/t18-/m0/s1. The molecule has 7 nitrogen and oxygen atoms in total. The van der Waals surface area contributed by atoms with Crippen LogP contribution in [0.1, 0.15) is 25.6 Å². The Kier molecular flexibility index (Phi) is 5.45. The lowest BCUT2D eigenvalue weighted by Crippen LogP contribution is -2.38. The number of furan rings is 1. The monoisotopic (exact) mass is 484 g/mol. The minimum Gasteiger partial charge on any atom is -0.463 e. The highest BCUT2D eigenvalue weighted by atomic mass is 79.9. The molecule has 2 aliphatic rings. The maximum absolute atomic E-state index is 12.8. The van der Waals surface area contributed by atoms with E-state index in [-0.39, 0.29) is 12.4 Å². The molecule has 0 unspecified atom stereocenters. The second kappa shape index (κ2) is 8.05. The number of rotatable bonds is 4. The van der Waals surface area contributed by atoms with Gasteiger partial charge in [-0.15, -0.1) is 0 Å². The highest BCUT2D eigenvalue weighted by Gasteiger charge is 2.44. The van der Waals surface area contributed by atoms with E-state index in [1.54, 1.807) is 24.8 Å². The number of amidine groups is 1. The molecule has 4 rings (SSSR count). The van der Waals surface area contributed by atoms with Crippen LogP contribution >= 0.6 is 27.7 Å². The second-order valence-electron chi connectivity index (χ2n) is 6.52. The summed E-state index contributed by atoms with van der Waals surface area (Å²) in [5.41, 5.74) is 7.98. The number of allylic oxidation sites excluding steroid dienone is 2. The molecular weight excluding hydrogens is 468 g/mol. The van der Waals surface area contributed by atoms with Crippen LogP contribution in [-0.4, -0.2) is 22.6 Å². The van der Waals surface area contributed by atoms with E-state index in [4.69, 9.17) is 14.9 Å². The van der Waals surface area contributed by atoms with Gasteiger partial charge in [0.1, 0.15) is 34.4 Å². The van der Waals surface area contributed by atoms with Gasteiger partial charge in [0, 0.05) is 10.0 Å². The normalized spacial score (nSPS) is 18.3. The summed E-state index contributed by atoms with van der Waals surface area (Å²) in [5, 5.41) is 9.95. The predicted octanol–water partition coefficient (Wildman–Crippen LogP) is 4.66. The number of ether oxygens (including phenoxy) is 1. The molecule has 1 atom stereocenters. The molecule has 2 aromatic rings. The van der Waals surface area contributed by atoms with Crippen LogP contribution in [0.25, 0.3) is 11.3 Å². The zero-order valence-corrected chi connectivity index (χ0v) is 18.6. The van der Waals surface area contributed by atoms with E-state index in [1.807, 2.05) is 30.3 Å². The molecule has 0 saturated carbocycles. The molecule has 0 saturated heterocycles. The Balaban J connectivity index is 1.82. The van der Waals surface area contributed by atoms with Crippen LogP contribution in [0, 0.1) is 11.3 Å². The summed E-state index contributed by atoms with van der Waals surface area (Å²) in [6, 6.07) is 12.8. The lowest BCUT2D eigenvalue weighted by Gasteiger charge is -2.33. The number of aliphatic imine (C=N–C) groups is 1. The van der Waals surface area contributed by atoms with Crippen molar-refractivity contribution in [2.75, 3.05) is 6.61 Å². The fraction of sp³-hybridized carbons (Fsp3) is 0.190. The quantitative estimate of drug-likeness (QED) is 0.629. The van der Waals surface area contributed by atoms with E-state index < -0.39 is 12.0 Å². The number of hydrogen-bond donors (Lipinski definition) is 1. The zero-order valence-electron chi connectivity index (χ0n) is 16.2. The molecule has 0 aliphatic carbocycles. The van der Waals surface area contributed by atoms with E-state index in [9.17, 15) is 10.1 Å². The molecule has 2 aliphatic heterocycles. The van der Waals surface area contributed by atoms with Crippen molar-refractivity contribution in [3.63, 3.8) is 0 Å². The first-order valence-electron chi connectivity index (χ1n) is 9.13. The second-order valence-corrected chi connectivity index (χ2v) is 8.42. The molecule has 1 aromatic carbocycles. The van der Waals surface area contributed by atoms with E-state index in [2.05, 4.69) is 27.0 Å². The number of hydrogen-bond acceptors (Lipinski definition) is 8. The predicted molar refractivity (Wildman–Crippen MR) is 118 cm³/mol. The summed E-state index contributed by atoms with van der Waals surface area (Å²) in [6.45, 7) is 3.71. The Morgan fingerprint density at radius 2 is 2.10 bits per heavy atom. The van der Waals surface area contributed by atoms with Gasteiger partial charge in [0.05, 0.1) is 17.9 Å². The van der Waals surface area contributed by atoms with E-state index >= 15 is 0 Å². The van der Waals surface area contributed by atoms with Gasteiger partial charge in [-0.05, 0) is 49.9 Å². The minimum atomic E-state index is -0.681. The largest absolute Gasteiger partial charge is 0.463 e. The molecule has 152 valence electrons. The van der Waals surface area contributed by atoms with E-state index in [0.29, 0.717) is 32.9 Å². The van der Waals surface area contributed by atoms with Crippen molar-refractivity contribution in [1.29, 1.82) is 5.26 Å². The van der Waals surface area contributed by atoms with E-state index in [1.165, 1.54) is 11.8 Å². The first-order valence-corrected chi connectivity index (χ1v) is 10.7. The average Bonchev–Trinajstić information content (AvgIpc) is 3.32. The van der Waals surface area contributed by atoms with Gasteiger partial charge < -0.3 is 14.9 Å². The van der Waals surface area contributed by atoms with Crippen molar-refractivity contribution in [2.45, 2.75) is 19.9 Å². The van der Waals surface area contributed by atoms with Gasteiger partial charge in [-0.3, -0.25) is 4.90 Å². The highest BCUT2D eigenvalue weighted by Crippen LogP contribution is 2.46. The molecule has 2 N–H and O–H groups in total. The molecule has 0 spiro atoms. The number of nitriles is 1. The van der Waals surface area contributed by atoms with Crippen molar-refractivity contribution in [1.82, 2.24) is 4.90 Å². The van der Waals surface area contributed by atoms with Crippen LogP contribution in [0.15, 0.2) is 72.3 Å². The number of nitrogens with two attached hydrogens (primary N) is 1. The van der Waals surface area contributed by atoms with Gasteiger partial charge in [0.2, 0.25) is 0 Å². The summed E-state index contributed by atoms with van der Waals surface area (Å²) in [6.07, 6.45) is 0. The van der Waals surface area contributed by atoms with Crippen LogP contribution in [0.3, 0.4) is 0 Å². The summed E-state index contributed by atoms with van der Waals surface area (Å²) in [5.74, 6) is 0.900. The first kappa shape index (κ1) is 20.3. The third-order valence-electron chi connectivity index (χ3n) is 4.70. The maximum atomic E-state index is 12.8. The number of halogens is 1. The lowest BCUT2D eigenvalue weighted by atomic mass is 10.00. The number of esters is 1. The van der Waals surface area contributed by atoms with Gasteiger partial charge in [-0.2, -0.15) is 5.26 Å². The van der Waals surface area contributed by atoms with Crippen LogP contribution in [0.5, 0.6) is 0 Å². The summed E-state index contributed by atoms with van der Waals surface area (Å²) in [7, 11) is 0. The molecule has 30 heavy (non-hydrogen) atoms. The molecule has 0 amide bonds. The van der Waals surface area contributed by atoms with E-state index in [0.717, 1.165) is 10.0 Å². The van der Waals surface area contributed by atoms with Crippen molar-refractivity contribution in [3.05, 3.63) is 68.6 Å². The van der Waals surface area contributed by atoms with Gasteiger partial charge in [0.25, 0.3) is 0 Å². The van der Waals surface area contributed by atoms with Gasteiger partial charge in [-0.25, -0.2) is 9.79 Å². The molecular formula is C21H17BrN4O3S. The van der Waals surface area contributed by atoms with Crippen molar-refractivity contribution < 1.29 is 13.9 Å². The summed E-state index contributed by atoms with van der Waals surface area (Å²) < 4.78 is 12.4. The number of nitrogens with zero attached hydrogens (tertiary/aromatic N) is 3. The molecule has 9 heteroatoms. The Morgan fingerprint density at radius 1 is 1.37 bits per heavy atom. The number of thioether (sulfide) groups is 1. The van der Waals surface area contributed by atoms with Crippen LogP contribution in [0.2, 0.25) is 0 Å². The Labute approximate surface area is 186 Å². The Bertz CT molecular complexity index is 1160. The molecule has 1 aromatic heterocycles.